The molecule has 1 aromatic carbocycles. The molecule has 3 aliphatic rings. The third-order valence-corrected chi connectivity index (χ3v) is 10.9. The molecule has 0 aromatic heterocycles. The molecular formula is C35H54ClF. The van der Waals surface area contributed by atoms with Crippen LogP contribution in [0.25, 0.3) is 5.57 Å². The normalized spacial score (nSPS) is 28.8. The van der Waals surface area contributed by atoms with Crippen molar-refractivity contribution in [1.29, 1.82) is 0 Å². The van der Waals surface area contributed by atoms with Gasteiger partial charge in [-0.1, -0.05) is 108 Å². The fourth-order valence-electron chi connectivity index (χ4n) is 7.85. The Bertz CT molecular complexity index is 841. The zero-order valence-electron chi connectivity index (χ0n) is 24.0. The summed E-state index contributed by atoms with van der Waals surface area (Å²) in [6.07, 6.45) is 29.0. The van der Waals surface area contributed by atoms with Gasteiger partial charge in [0, 0.05) is 5.56 Å². The van der Waals surface area contributed by atoms with E-state index in [-0.39, 0.29) is 5.82 Å². The van der Waals surface area contributed by atoms with Crippen molar-refractivity contribution in [2.24, 2.45) is 29.6 Å². The van der Waals surface area contributed by atoms with Gasteiger partial charge in [-0.25, -0.2) is 4.39 Å². The Morgan fingerprint density at radius 3 is 1.95 bits per heavy atom. The molecule has 2 heteroatoms. The van der Waals surface area contributed by atoms with Gasteiger partial charge in [-0.2, -0.15) is 0 Å². The topological polar surface area (TPSA) is 0 Å². The van der Waals surface area contributed by atoms with Crippen LogP contribution in [-0.4, -0.2) is 0 Å². The third-order valence-electron chi connectivity index (χ3n) is 10.5. The summed E-state index contributed by atoms with van der Waals surface area (Å²) in [5.74, 6) is 4.67. The quantitative estimate of drug-likeness (QED) is 0.236. The van der Waals surface area contributed by atoms with Crippen LogP contribution in [0.5, 0.6) is 0 Å². The molecule has 0 radical (unpaired) electrons. The highest BCUT2D eigenvalue weighted by Gasteiger charge is 2.31. The Morgan fingerprint density at radius 1 is 0.730 bits per heavy atom. The Labute approximate surface area is 233 Å². The van der Waals surface area contributed by atoms with Gasteiger partial charge in [0.15, 0.2) is 0 Å². The number of halogens is 2. The Morgan fingerprint density at radius 2 is 1.35 bits per heavy atom. The van der Waals surface area contributed by atoms with E-state index in [9.17, 15) is 0 Å². The molecular weight excluding hydrogens is 475 g/mol. The molecule has 1 unspecified atom stereocenters. The molecule has 0 spiro atoms. The summed E-state index contributed by atoms with van der Waals surface area (Å²) in [6.45, 7) is 4.53. The molecule has 3 aliphatic carbocycles. The van der Waals surface area contributed by atoms with Gasteiger partial charge in [-0.05, 0) is 105 Å². The lowest BCUT2D eigenvalue weighted by Crippen LogP contribution is -2.26. The molecule has 0 aliphatic heterocycles. The van der Waals surface area contributed by atoms with E-state index in [1.165, 1.54) is 108 Å². The van der Waals surface area contributed by atoms with Crippen molar-refractivity contribution < 1.29 is 4.39 Å². The maximum Gasteiger partial charge on any atom is 0.149 e. The number of hydrogen-bond donors (Lipinski definition) is 0. The smallest absolute Gasteiger partial charge is 0.149 e. The second kappa shape index (κ2) is 15.1. The van der Waals surface area contributed by atoms with E-state index in [1.807, 2.05) is 6.07 Å². The first kappa shape index (κ1) is 29.2. The molecule has 208 valence electrons. The molecule has 2 saturated carbocycles. The highest BCUT2D eigenvalue weighted by atomic mass is 35.5. The van der Waals surface area contributed by atoms with Gasteiger partial charge >= 0.3 is 0 Å². The van der Waals surface area contributed by atoms with Crippen molar-refractivity contribution in [2.45, 2.75) is 142 Å². The van der Waals surface area contributed by atoms with Crippen molar-refractivity contribution in [1.82, 2.24) is 0 Å². The van der Waals surface area contributed by atoms with Gasteiger partial charge in [-0.3, -0.25) is 0 Å². The lowest BCUT2D eigenvalue weighted by Gasteiger charge is -2.38. The van der Waals surface area contributed by atoms with Crippen LogP contribution >= 0.6 is 11.6 Å². The Balaban J connectivity index is 1.17. The number of unbranched alkanes of at least 4 members (excludes halogenated alkanes) is 3. The van der Waals surface area contributed by atoms with Crippen LogP contribution in [0.3, 0.4) is 0 Å². The first-order chi connectivity index (χ1) is 18.1. The van der Waals surface area contributed by atoms with Gasteiger partial charge in [0.25, 0.3) is 0 Å². The number of hydrogen-bond acceptors (Lipinski definition) is 0. The van der Waals surface area contributed by atoms with E-state index in [2.05, 4.69) is 26.0 Å². The second-order valence-electron chi connectivity index (χ2n) is 13.0. The van der Waals surface area contributed by atoms with Crippen LogP contribution in [0.15, 0.2) is 18.2 Å². The fraction of sp³-hybridized carbons (Fsp3) is 0.771. The van der Waals surface area contributed by atoms with Gasteiger partial charge in [-0.15, -0.1) is 0 Å². The monoisotopic (exact) mass is 528 g/mol. The summed E-state index contributed by atoms with van der Waals surface area (Å²) in [4.78, 5) is 0. The van der Waals surface area contributed by atoms with Gasteiger partial charge in [0.1, 0.15) is 5.82 Å². The molecule has 4 rings (SSSR count). The summed E-state index contributed by atoms with van der Waals surface area (Å²) in [5, 5.41) is 0.358. The number of rotatable bonds is 12. The molecule has 0 heterocycles. The van der Waals surface area contributed by atoms with Gasteiger partial charge in [0.2, 0.25) is 0 Å². The summed E-state index contributed by atoms with van der Waals surface area (Å²) >= 11 is 6.44. The highest BCUT2D eigenvalue weighted by molar-refractivity contribution is 6.31. The van der Waals surface area contributed by atoms with Crippen LogP contribution in [0.2, 0.25) is 5.02 Å². The standard InChI is InChI=1S/C35H54ClF/c1-3-5-7-9-32-24-25-33(35(37)34(32)36)31-22-16-28(17-23-31)11-10-27-14-20-30(21-15-27)29-18-12-26(13-19-29)8-6-4-2/h22,24-30H,3-21,23H2,1-2H3. The molecule has 0 N–H and O–H groups in total. The predicted molar refractivity (Wildman–Crippen MR) is 160 cm³/mol. The van der Waals surface area contributed by atoms with Crippen molar-refractivity contribution in [3.63, 3.8) is 0 Å². The van der Waals surface area contributed by atoms with Crippen LogP contribution in [0.4, 0.5) is 4.39 Å². The lowest BCUT2D eigenvalue weighted by molar-refractivity contribution is 0.138. The van der Waals surface area contributed by atoms with Crippen LogP contribution < -0.4 is 0 Å². The molecule has 0 nitrogen and oxygen atoms in total. The summed E-state index contributed by atoms with van der Waals surface area (Å²) in [7, 11) is 0. The zero-order chi connectivity index (χ0) is 26.0. The first-order valence-corrected chi connectivity index (χ1v) is 16.6. The van der Waals surface area contributed by atoms with Crippen LogP contribution in [-0.2, 0) is 6.42 Å². The molecule has 2 fully saturated rings. The summed E-state index contributed by atoms with van der Waals surface area (Å²) in [5.41, 5.74) is 2.90. The van der Waals surface area contributed by atoms with Gasteiger partial charge < -0.3 is 0 Å². The number of aryl methyl sites for hydroxylation is 1. The van der Waals surface area contributed by atoms with Crippen molar-refractivity contribution >= 4 is 17.2 Å². The van der Waals surface area contributed by atoms with Crippen LogP contribution in [0.1, 0.15) is 147 Å². The van der Waals surface area contributed by atoms with Crippen molar-refractivity contribution in [3.05, 3.63) is 40.2 Å². The molecule has 1 atom stereocenters. The maximum absolute atomic E-state index is 15.1. The largest absolute Gasteiger partial charge is 0.205 e. The minimum absolute atomic E-state index is 0.188. The van der Waals surface area contributed by atoms with E-state index >= 15 is 4.39 Å². The maximum atomic E-state index is 15.1. The Hall–Kier alpha value is -0.820. The lowest BCUT2D eigenvalue weighted by atomic mass is 9.68. The first-order valence-electron chi connectivity index (χ1n) is 16.2. The van der Waals surface area contributed by atoms with Gasteiger partial charge in [0.05, 0.1) is 5.02 Å². The SMILES string of the molecule is CCCCCc1ccc(C2=CCC(CCC3CCC(C4CCC(CCCC)CC4)CC3)CC2)c(F)c1Cl. The van der Waals surface area contributed by atoms with Crippen LogP contribution in [0, 0.1) is 35.4 Å². The molecule has 0 bridgehead atoms. The average Bonchev–Trinajstić information content (AvgIpc) is 2.94. The van der Waals surface area contributed by atoms with Crippen molar-refractivity contribution in [2.75, 3.05) is 0 Å². The fourth-order valence-corrected chi connectivity index (χ4v) is 8.11. The molecule has 0 amide bonds. The predicted octanol–water partition coefficient (Wildman–Crippen LogP) is 12.0. The van der Waals surface area contributed by atoms with E-state index in [4.69, 9.17) is 11.6 Å². The average molecular weight is 529 g/mol. The number of allylic oxidation sites excluding steroid dienone is 2. The molecule has 37 heavy (non-hydrogen) atoms. The summed E-state index contributed by atoms with van der Waals surface area (Å²) in [6, 6.07) is 4.06. The highest BCUT2D eigenvalue weighted by Crippen LogP contribution is 2.44. The van der Waals surface area contributed by atoms with E-state index in [0.717, 1.165) is 66.4 Å². The molecule has 0 saturated heterocycles. The minimum atomic E-state index is -0.188. The third kappa shape index (κ3) is 8.33. The van der Waals surface area contributed by atoms with E-state index in [1.54, 1.807) is 0 Å². The minimum Gasteiger partial charge on any atom is -0.205 e. The number of benzene rings is 1. The Kier molecular flexibility index (Phi) is 11.9. The van der Waals surface area contributed by atoms with E-state index < -0.39 is 0 Å². The summed E-state index contributed by atoms with van der Waals surface area (Å²) < 4.78 is 15.1. The molecule has 1 aromatic rings. The van der Waals surface area contributed by atoms with E-state index in [0.29, 0.717) is 5.02 Å². The second-order valence-corrected chi connectivity index (χ2v) is 13.4. The van der Waals surface area contributed by atoms with Crippen molar-refractivity contribution in [3.8, 4) is 0 Å². The zero-order valence-corrected chi connectivity index (χ0v) is 24.8.